The number of hydrogen-bond donors (Lipinski definition) is 0. The Morgan fingerprint density at radius 3 is 2.52 bits per heavy atom. The summed E-state index contributed by atoms with van der Waals surface area (Å²) in [6, 6.07) is 9.43. The van der Waals surface area contributed by atoms with E-state index in [0.29, 0.717) is 18.8 Å². The molecule has 0 saturated carbocycles. The number of ether oxygens (including phenoxy) is 1. The van der Waals surface area contributed by atoms with Crippen LogP contribution in [0.1, 0.15) is 43.2 Å². The van der Waals surface area contributed by atoms with Gasteiger partial charge in [0.15, 0.2) is 0 Å². The van der Waals surface area contributed by atoms with Gasteiger partial charge in [0.25, 0.3) is 0 Å². The van der Waals surface area contributed by atoms with Crippen molar-refractivity contribution in [2.75, 3.05) is 13.3 Å². The van der Waals surface area contributed by atoms with Gasteiger partial charge in [-0.05, 0) is 49.7 Å². The minimum atomic E-state index is -0.0916. The van der Waals surface area contributed by atoms with E-state index in [1.165, 1.54) is 17.5 Å². The summed E-state index contributed by atoms with van der Waals surface area (Å²) in [6.45, 7) is 2.27. The van der Waals surface area contributed by atoms with Gasteiger partial charge in [0.05, 0.1) is 0 Å². The van der Waals surface area contributed by atoms with Crippen molar-refractivity contribution in [3.63, 3.8) is 0 Å². The summed E-state index contributed by atoms with van der Waals surface area (Å²) in [5.74, 6) is 0. The summed E-state index contributed by atoms with van der Waals surface area (Å²) >= 11 is 0. The van der Waals surface area contributed by atoms with E-state index < -0.39 is 0 Å². The van der Waals surface area contributed by atoms with Crippen LogP contribution in [-0.2, 0) is 17.7 Å². The Bertz CT molecular complexity index is 550. The predicted molar refractivity (Wildman–Crippen MR) is 91.7 cm³/mol. The number of carbonyl (C=O) groups is 1. The van der Waals surface area contributed by atoms with Gasteiger partial charge in [0.2, 0.25) is 0 Å². The van der Waals surface area contributed by atoms with Gasteiger partial charge in [0, 0.05) is 25.2 Å². The Hall–Kier alpha value is -1.26. The molecule has 1 aromatic rings. The van der Waals surface area contributed by atoms with Gasteiger partial charge in [0.1, 0.15) is 6.73 Å². The molecule has 1 amide bonds. The summed E-state index contributed by atoms with van der Waals surface area (Å²) < 4.78 is 5.63. The molecular weight excluding hydrogens is 312 g/mol. The van der Waals surface area contributed by atoms with Crippen LogP contribution in [0.4, 0.5) is 4.79 Å². The highest BCUT2D eigenvalue weighted by molar-refractivity contribution is 5.85. The number of amides is 1. The van der Waals surface area contributed by atoms with Gasteiger partial charge < -0.3 is 9.64 Å². The van der Waals surface area contributed by atoms with E-state index in [1.807, 2.05) is 4.90 Å². The minimum Gasteiger partial charge on any atom is -0.433 e. The smallest absolute Gasteiger partial charge is 0.411 e. The molecule has 0 N–H and O–H groups in total. The summed E-state index contributed by atoms with van der Waals surface area (Å²) in [5, 5.41) is 0. The molecule has 2 unspecified atom stereocenters. The van der Waals surface area contributed by atoms with E-state index in [2.05, 4.69) is 29.2 Å². The first-order valence-corrected chi connectivity index (χ1v) is 8.55. The largest absolute Gasteiger partial charge is 0.433 e. The second-order valence-electron chi connectivity index (χ2n) is 6.83. The highest BCUT2D eigenvalue weighted by Crippen LogP contribution is 2.35. The van der Waals surface area contributed by atoms with Crippen LogP contribution in [0, 0.1) is 0 Å². The van der Waals surface area contributed by atoms with E-state index in [4.69, 9.17) is 4.74 Å². The Kier molecular flexibility index (Phi) is 5.12. The summed E-state index contributed by atoms with van der Waals surface area (Å²) in [5.41, 5.74) is 2.79. The van der Waals surface area contributed by atoms with Crippen LogP contribution in [-0.4, -0.2) is 41.3 Å². The van der Waals surface area contributed by atoms with Gasteiger partial charge in [-0.2, -0.15) is 0 Å². The highest BCUT2D eigenvalue weighted by atomic mass is 35.5. The third-order valence-corrected chi connectivity index (χ3v) is 5.49. The number of halogens is 1. The van der Waals surface area contributed by atoms with Gasteiger partial charge in [-0.1, -0.05) is 24.3 Å². The maximum atomic E-state index is 12.4. The number of hydrogen-bond acceptors (Lipinski definition) is 3. The normalized spacial score (nSPS) is 26.3. The van der Waals surface area contributed by atoms with Crippen LogP contribution in [0.15, 0.2) is 24.3 Å². The maximum Gasteiger partial charge on any atom is 0.411 e. The number of benzene rings is 1. The van der Waals surface area contributed by atoms with Crippen LogP contribution >= 0.6 is 12.4 Å². The molecule has 0 radical (unpaired) electrons. The molecule has 2 bridgehead atoms. The lowest BCUT2D eigenvalue weighted by molar-refractivity contribution is 0.0218. The van der Waals surface area contributed by atoms with Gasteiger partial charge in [-0.3, -0.25) is 4.90 Å². The third kappa shape index (κ3) is 3.33. The monoisotopic (exact) mass is 336 g/mol. The minimum absolute atomic E-state index is 0. The Balaban J connectivity index is 0.00000156. The van der Waals surface area contributed by atoms with E-state index in [1.54, 1.807) is 0 Å². The first-order chi connectivity index (χ1) is 10.8. The molecule has 4 nitrogen and oxygen atoms in total. The first kappa shape index (κ1) is 16.6. The molecule has 126 valence electrons. The number of carbonyl (C=O) groups excluding carboxylic acids is 1. The molecule has 3 aliphatic heterocycles. The zero-order valence-corrected chi connectivity index (χ0v) is 14.3. The van der Waals surface area contributed by atoms with Crippen LogP contribution < -0.4 is 0 Å². The van der Waals surface area contributed by atoms with Crippen molar-refractivity contribution in [3.8, 4) is 0 Å². The molecule has 2 atom stereocenters. The number of fused-ring (bicyclic) bond motifs is 3. The van der Waals surface area contributed by atoms with Gasteiger partial charge in [-0.25, -0.2) is 4.79 Å². The van der Waals surface area contributed by atoms with Crippen molar-refractivity contribution >= 4 is 18.5 Å². The second kappa shape index (κ2) is 7.10. The van der Waals surface area contributed by atoms with Gasteiger partial charge >= 0.3 is 6.09 Å². The van der Waals surface area contributed by atoms with Crippen molar-refractivity contribution in [1.29, 1.82) is 0 Å². The predicted octanol–water partition coefficient (Wildman–Crippen LogP) is 3.58. The lowest BCUT2D eigenvalue weighted by atomic mass is 10.0. The zero-order valence-electron chi connectivity index (χ0n) is 13.4. The molecule has 23 heavy (non-hydrogen) atoms. The summed E-state index contributed by atoms with van der Waals surface area (Å²) in [4.78, 5) is 16.7. The number of nitrogens with zero attached hydrogens (tertiary/aromatic N) is 2. The van der Waals surface area contributed by atoms with Crippen molar-refractivity contribution in [1.82, 2.24) is 9.80 Å². The van der Waals surface area contributed by atoms with Crippen molar-refractivity contribution < 1.29 is 9.53 Å². The lowest BCUT2D eigenvalue weighted by Crippen LogP contribution is -2.45. The fourth-order valence-electron chi connectivity index (χ4n) is 4.30. The van der Waals surface area contributed by atoms with Crippen LogP contribution in [0.2, 0.25) is 0 Å². The molecular formula is C18H25ClN2O2. The zero-order chi connectivity index (χ0) is 14.9. The average molecular weight is 337 g/mol. The van der Waals surface area contributed by atoms with E-state index >= 15 is 0 Å². The van der Waals surface area contributed by atoms with Crippen molar-refractivity contribution in [2.24, 2.45) is 0 Å². The molecule has 3 heterocycles. The van der Waals surface area contributed by atoms with E-state index in [0.717, 1.165) is 45.2 Å². The van der Waals surface area contributed by atoms with Crippen molar-refractivity contribution in [3.05, 3.63) is 35.4 Å². The van der Waals surface area contributed by atoms with Crippen LogP contribution in [0.25, 0.3) is 0 Å². The molecule has 5 heteroatoms. The molecule has 2 fully saturated rings. The Labute approximate surface area is 144 Å². The van der Waals surface area contributed by atoms with Crippen LogP contribution in [0.3, 0.4) is 0 Å². The highest BCUT2D eigenvalue weighted by Gasteiger charge is 2.40. The van der Waals surface area contributed by atoms with Crippen LogP contribution in [0.5, 0.6) is 0 Å². The van der Waals surface area contributed by atoms with E-state index in [-0.39, 0.29) is 18.5 Å². The number of piperidine rings is 1. The van der Waals surface area contributed by atoms with Gasteiger partial charge in [-0.15, -0.1) is 12.4 Å². The fourth-order valence-corrected chi connectivity index (χ4v) is 4.30. The SMILES string of the molecule is Cl.O=C(OCN1CCc2ccccc2C1)N1C2CCCC1CC2. The average Bonchev–Trinajstić information content (AvgIpc) is 2.81. The Morgan fingerprint density at radius 1 is 1.09 bits per heavy atom. The van der Waals surface area contributed by atoms with Crippen molar-refractivity contribution in [2.45, 2.75) is 57.2 Å². The first-order valence-electron chi connectivity index (χ1n) is 8.55. The molecule has 3 aliphatic rings. The Morgan fingerprint density at radius 2 is 1.78 bits per heavy atom. The molecule has 2 saturated heterocycles. The number of rotatable bonds is 2. The summed E-state index contributed by atoms with van der Waals surface area (Å²) in [7, 11) is 0. The molecule has 1 aromatic carbocycles. The second-order valence-corrected chi connectivity index (χ2v) is 6.83. The quantitative estimate of drug-likeness (QED) is 0.827. The molecule has 0 aliphatic carbocycles. The molecule has 0 aromatic heterocycles. The van der Waals surface area contributed by atoms with E-state index in [9.17, 15) is 4.79 Å². The third-order valence-electron chi connectivity index (χ3n) is 5.49. The maximum absolute atomic E-state index is 12.4. The molecule has 4 rings (SSSR count). The fraction of sp³-hybridized carbons (Fsp3) is 0.611. The topological polar surface area (TPSA) is 32.8 Å². The lowest BCUT2D eigenvalue weighted by Gasteiger charge is -2.35. The molecule has 0 spiro atoms. The summed E-state index contributed by atoms with van der Waals surface area (Å²) in [6.07, 6.45) is 6.86. The standard InChI is InChI=1S/C18H24N2O2.ClH/c21-18(20-16-6-3-7-17(20)9-8-16)22-13-19-11-10-14-4-1-2-5-15(14)12-19;/h1-2,4-5,16-17H,3,6-13H2;1H.